The number of alkyl carbamates (subject to hydrolysis) is 1. The van der Waals surface area contributed by atoms with E-state index in [2.05, 4.69) is 5.32 Å². The molecule has 2 unspecified atom stereocenters. The number of non-ortho nitro benzene ring substituents is 1. The second-order valence-electron chi connectivity index (χ2n) is 6.08. The number of benzene rings is 1. The highest BCUT2D eigenvalue weighted by atomic mass is 16.6. The van der Waals surface area contributed by atoms with Crippen LogP contribution in [0.4, 0.5) is 10.5 Å². The van der Waals surface area contributed by atoms with Crippen molar-refractivity contribution in [2.45, 2.75) is 38.6 Å². The van der Waals surface area contributed by atoms with Crippen molar-refractivity contribution < 1.29 is 29.5 Å². The summed E-state index contributed by atoms with van der Waals surface area (Å²) in [5.41, 5.74) is -1.12. The number of ether oxygens (including phenoxy) is 1. The lowest BCUT2D eigenvalue weighted by molar-refractivity contribution is -0.384. The summed E-state index contributed by atoms with van der Waals surface area (Å²) in [5.74, 6) is 0. The van der Waals surface area contributed by atoms with Gasteiger partial charge in [0.15, 0.2) is 6.29 Å². The van der Waals surface area contributed by atoms with Gasteiger partial charge in [-0.3, -0.25) is 14.9 Å². The van der Waals surface area contributed by atoms with Gasteiger partial charge in [-0.1, -0.05) is 0 Å². The number of hydrogen-bond acceptors (Lipinski definition) is 7. The Balaban J connectivity index is 2.78. The van der Waals surface area contributed by atoms with E-state index in [9.17, 15) is 29.9 Å². The highest BCUT2D eigenvalue weighted by Crippen LogP contribution is 2.24. The maximum absolute atomic E-state index is 11.5. The van der Waals surface area contributed by atoms with E-state index in [0.717, 1.165) is 12.1 Å². The molecule has 9 heteroatoms. The van der Waals surface area contributed by atoms with E-state index in [1.165, 1.54) is 6.07 Å². The van der Waals surface area contributed by atoms with E-state index in [-0.39, 0.29) is 23.4 Å². The Morgan fingerprint density at radius 2 is 2.04 bits per heavy atom. The summed E-state index contributed by atoms with van der Waals surface area (Å²) in [5, 5.41) is 33.0. The van der Waals surface area contributed by atoms with Crippen LogP contribution in [0.3, 0.4) is 0 Å². The molecule has 24 heavy (non-hydrogen) atoms. The molecule has 1 amide bonds. The lowest BCUT2D eigenvalue weighted by Crippen LogP contribution is -2.39. The summed E-state index contributed by atoms with van der Waals surface area (Å²) >= 11 is 0. The van der Waals surface area contributed by atoms with Gasteiger partial charge in [0.2, 0.25) is 0 Å². The Bertz CT molecular complexity index is 625. The minimum absolute atomic E-state index is 0.0223. The minimum atomic E-state index is -1.51. The van der Waals surface area contributed by atoms with Crippen LogP contribution in [0, 0.1) is 10.1 Å². The Kier molecular flexibility index (Phi) is 6.38. The Labute approximate surface area is 138 Å². The van der Waals surface area contributed by atoms with Gasteiger partial charge >= 0.3 is 6.09 Å². The van der Waals surface area contributed by atoms with Gasteiger partial charge in [0, 0.05) is 24.2 Å². The van der Waals surface area contributed by atoms with Crippen molar-refractivity contribution in [1.29, 1.82) is 0 Å². The zero-order valence-corrected chi connectivity index (χ0v) is 13.6. The number of carbonyl (C=O) groups excluding carboxylic acids is 2. The number of nitro groups is 1. The summed E-state index contributed by atoms with van der Waals surface area (Å²) in [7, 11) is 0. The number of nitrogens with zero attached hydrogens (tertiary/aromatic N) is 1. The number of carbonyl (C=O) groups is 2. The highest BCUT2D eigenvalue weighted by molar-refractivity contribution is 5.79. The van der Waals surface area contributed by atoms with Crippen LogP contribution in [0.25, 0.3) is 0 Å². The van der Waals surface area contributed by atoms with Crippen LogP contribution in [0.15, 0.2) is 18.2 Å². The van der Waals surface area contributed by atoms with Crippen LogP contribution in [0.1, 0.15) is 42.8 Å². The standard InChI is InChI=1S/C15H20N2O7/c1-15(2,3)24-14(21)16-7-12(19)13(20)11-5-4-10(17(22)23)6-9(11)8-18/h4-6,8,12-13,19-20H,7H2,1-3H3,(H,16,21). The maximum atomic E-state index is 11.5. The molecule has 0 aromatic heterocycles. The topological polar surface area (TPSA) is 139 Å². The Hall–Kier alpha value is -2.52. The maximum Gasteiger partial charge on any atom is 0.407 e. The van der Waals surface area contributed by atoms with Crippen molar-refractivity contribution >= 4 is 18.1 Å². The fourth-order valence-electron chi connectivity index (χ4n) is 1.87. The van der Waals surface area contributed by atoms with E-state index in [4.69, 9.17) is 4.74 Å². The van der Waals surface area contributed by atoms with E-state index in [1.807, 2.05) is 0 Å². The molecule has 132 valence electrons. The summed E-state index contributed by atoms with van der Waals surface area (Å²) in [6.45, 7) is 4.69. The van der Waals surface area contributed by atoms with E-state index < -0.39 is 28.8 Å². The third kappa shape index (κ3) is 5.60. The fourth-order valence-corrected chi connectivity index (χ4v) is 1.87. The van der Waals surface area contributed by atoms with Gasteiger partial charge in [-0.15, -0.1) is 0 Å². The van der Waals surface area contributed by atoms with Gasteiger partial charge in [-0.05, 0) is 32.4 Å². The molecule has 3 N–H and O–H groups in total. The predicted octanol–water partition coefficient (Wildman–Crippen LogP) is 1.33. The van der Waals surface area contributed by atoms with E-state index in [0.29, 0.717) is 6.29 Å². The monoisotopic (exact) mass is 340 g/mol. The molecular formula is C15H20N2O7. The molecule has 0 heterocycles. The predicted molar refractivity (Wildman–Crippen MR) is 83.7 cm³/mol. The molecule has 0 aliphatic heterocycles. The first-order valence-electron chi connectivity index (χ1n) is 7.11. The summed E-state index contributed by atoms with van der Waals surface area (Å²) < 4.78 is 4.99. The Morgan fingerprint density at radius 1 is 1.42 bits per heavy atom. The molecule has 0 aliphatic rings. The van der Waals surface area contributed by atoms with E-state index >= 15 is 0 Å². The highest BCUT2D eigenvalue weighted by Gasteiger charge is 2.24. The van der Waals surface area contributed by atoms with Gasteiger partial charge < -0.3 is 20.3 Å². The SMILES string of the molecule is CC(C)(C)OC(=O)NCC(O)C(O)c1ccc([N+](=O)[O-])cc1C=O. The van der Waals surface area contributed by atoms with Gasteiger partial charge in [-0.2, -0.15) is 0 Å². The van der Waals surface area contributed by atoms with E-state index in [1.54, 1.807) is 20.8 Å². The first kappa shape index (κ1) is 19.5. The molecule has 0 saturated heterocycles. The zero-order chi connectivity index (χ0) is 18.5. The van der Waals surface area contributed by atoms with Crippen molar-refractivity contribution in [3.8, 4) is 0 Å². The molecule has 1 aromatic rings. The number of nitrogens with one attached hydrogen (secondary N) is 1. The van der Waals surface area contributed by atoms with Crippen LogP contribution < -0.4 is 5.32 Å². The van der Waals surface area contributed by atoms with Crippen LogP contribution in [0.5, 0.6) is 0 Å². The second-order valence-corrected chi connectivity index (χ2v) is 6.08. The lowest BCUT2D eigenvalue weighted by atomic mass is 9.98. The van der Waals surface area contributed by atoms with Crippen molar-refractivity contribution in [3.05, 3.63) is 39.4 Å². The lowest BCUT2D eigenvalue weighted by Gasteiger charge is -2.22. The molecule has 0 aliphatic carbocycles. The molecule has 0 spiro atoms. The quantitative estimate of drug-likeness (QED) is 0.403. The fraction of sp³-hybridized carbons (Fsp3) is 0.467. The molecule has 1 rings (SSSR count). The normalized spacial score (nSPS) is 13.7. The van der Waals surface area contributed by atoms with Crippen molar-refractivity contribution in [2.24, 2.45) is 0 Å². The number of rotatable bonds is 6. The third-order valence-electron chi connectivity index (χ3n) is 2.95. The van der Waals surface area contributed by atoms with Crippen LogP contribution >= 0.6 is 0 Å². The number of aldehydes is 1. The molecule has 2 atom stereocenters. The first-order chi connectivity index (χ1) is 11.0. The second kappa shape index (κ2) is 7.84. The van der Waals surface area contributed by atoms with Gasteiger partial charge in [0.05, 0.1) is 4.92 Å². The smallest absolute Gasteiger partial charge is 0.407 e. The van der Waals surface area contributed by atoms with Crippen LogP contribution in [0.2, 0.25) is 0 Å². The van der Waals surface area contributed by atoms with Crippen LogP contribution in [-0.2, 0) is 4.74 Å². The van der Waals surface area contributed by atoms with Crippen molar-refractivity contribution in [3.63, 3.8) is 0 Å². The molecule has 0 bridgehead atoms. The molecule has 1 aromatic carbocycles. The summed E-state index contributed by atoms with van der Waals surface area (Å²) in [4.78, 5) is 32.6. The summed E-state index contributed by atoms with van der Waals surface area (Å²) in [6.07, 6.45) is -3.37. The molecule has 9 nitrogen and oxygen atoms in total. The first-order valence-corrected chi connectivity index (χ1v) is 7.11. The molecular weight excluding hydrogens is 320 g/mol. The average molecular weight is 340 g/mol. The zero-order valence-electron chi connectivity index (χ0n) is 13.6. The largest absolute Gasteiger partial charge is 0.444 e. The average Bonchev–Trinajstić information content (AvgIpc) is 2.49. The molecule has 0 fully saturated rings. The van der Waals surface area contributed by atoms with Gasteiger partial charge in [-0.25, -0.2) is 4.79 Å². The number of aliphatic hydroxyl groups excluding tert-OH is 2. The minimum Gasteiger partial charge on any atom is -0.444 e. The van der Waals surface area contributed by atoms with Crippen molar-refractivity contribution in [2.75, 3.05) is 6.54 Å². The summed E-state index contributed by atoms with van der Waals surface area (Å²) in [6, 6.07) is 3.29. The van der Waals surface area contributed by atoms with Gasteiger partial charge in [0.1, 0.15) is 17.8 Å². The number of nitro benzene ring substituents is 1. The number of aliphatic hydroxyl groups is 2. The molecule has 0 radical (unpaired) electrons. The van der Waals surface area contributed by atoms with Crippen LogP contribution in [-0.4, -0.2) is 45.8 Å². The number of amides is 1. The third-order valence-corrected chi connectivity index (χ3v) is 2.95. The van der Waals surface area contributed by atoms with Crippen molar-refractivity contribution in [1.82, 2.24) is 5.32 Å². The number of hydrogen-bond donors (Lipinski definition) is 3. The van der Waals surface area contributed by atoms with Gasteiger partial charge in [0.25, 0.3) is 5.69 Å². The Morgan fingerprint density at radius 3 is 2.54 bits per heavy atom. The molecule has 0 saturated carbocycles.